The second-order valence-corrected chi connectivity index (χ2v) is 5.54. The molecule has 0 amide bonds. The molecule has 122 valence electrons. The number of hydrogen-bond donors (Lipinski definition) is 2. The van der Waals surface area contributed by atoms with Gasteiger partial charge < -0.3 is 10.6 Å². The van der Waals surface area contributed by atoms with Crippen LogP contribution in [-0.4, -0.2) is 24.0 Å². The Bertz CT molecular complexity index is 581. The number of benzene rings is 1. The second kappa shape index (κ2) is 9.62. The Kier molecular flexibility index (Phi) is 7.11. The fraction of sp³-hybridized carbons (Fsp3) is 0.368. The van der Waals surface area contributed by atoms with Gasteiger partial charge >= 0.3 is 0 Å². The molecular formula is C19H26N4. The standard InChI is InChI=1S/C19H26N4/c1-3-20-19(23-15-18-11-7-8-13-21-18)22-14-12-16(2)17-9-5-4-6-10-17/h4-11,13,16H,3,12,14-15H2,1-2H3,(H2,20,22,23). The molecule has 4 nitrogen and oxygen atoms in total. The molecule has 2 N–H and O–H groups in total. The van der Waals surface area contributed by atoms with E-state index in [0.717, 1.165) is 31.2 Å². The Morgan fingerprint density at radius 2 is 1.87 bits per heavy atom. The minimum absolute atomic E-state index is 0.530. The fourth-order valence-electron chi connectivity index (χ4n) is 2.35. The number of nitrogens with one attached hydrogen (secondary N) is 2. The summed E-state index contributed by atoms with van der Waals surface area (Å²) in [4.78, 5) is 8.88. The topological polar surface area (TPSA) is 49.3 Å². The quantitative estimate of drug-likeness (QED) is 0.609. The minimum Gasteiger partial charge on any atom is -0.357 e. The molecule has 0 bridgehead atoms. The SMILES string of the molecule is CCNC(=NCc1ccccn1)NCCC(C)c1ccccc1. The molecular weight excluding hydrogens is 284 g/mol. The van der Waals surface area contributed by atoms with Crippen LogP contribution in [0.3, 0.4) is 0 Å². The molecule has 1 aromatic heterocycles. The second-order valence-electron chi connectivity index (χ2n) is 5.54. The van der Waals surface area contributed by atoms with Crippen LogP contribution in [0.4, 0.5) is 0 Å². The van der Waals surface area contributed by atoms with Crippen LogP contribution in [0.2, 0.25) is 0 Å². The summed E-state index contributed by atoms with van der Waals surface area (Å²) in [5.74, 6) is 1.38. The zero-order valence-electron chi connectivity index (χ0n) is 14.0. The number of rotatable bonds is 7. The minimum atomic E-state index is 0.530. The van der Waals surface area contributed by atoms with Gasteiger partial charge in [0, 0.05) is 19.3 Å². The summed E-state index contributed by atoms with van der Waals surface area (Å²) in [6.45, 7) is 6.66. The molecule has 1 heterocycles. The van der Waals surface area contributed by atoms with Gasteiger partial charge in [-0.05, 0) is 37.0 Å². The van der Waals surface area contributed by atoms with Crippen LogP contribution in [0.15, 0.2) is 59.7 Å². The molecule has 1 unspecified atom stereocenters. The molecule has 0 fully saturated rings. The first kappa shape index (κ1) is 17.0. The monoisotopic (exact) mass is 310 g/mol. The van der Waals surface area contributed by atoms with E-state index in [9.17, 15) is 0 Å². The first-order valence-electron chi connectivity index (χ1n) is 8.26. The van der Waals surface area contributed by atoms with Crippen molar-refractivity contribution >= 4 is 5.96 Å². The highest BCUT2D eigenvalue weighted by Gasteiger charge is 2.05. The summed E-state index contributed by atoms with van der Waals surface area (Å²) >= 11 is 0. The molecule has 0 aliphatic carbocycles. The van der Waals surface area contributed by atoms with Gasteiger partial charge in [0.25, 0.3) is 0 Å². The van der Waals surface area contributed by atoms with E-state index in [-0.39, 0.29) is 0 Å². The fourth-order valence-corrected chi connectivity index (χ4v) is 2.35. The summed E-state index contributed by atoms with van der Waals surface area (Å²) in [6, 6.07) is 16.5. The molecule has 0 aliphatic rings. The smallest absolute Gasteiger partial charge is 0.191 e. The lowest BCUT2D eigenvalue weighted by molar-refractivity contribution is 0.652. The molecule has 4 heteroatoms. The maximum atomic E-state index is 4.59. The van der Waals surface area contributed by atoms with Crippen molar-refractivity contribution < 1.29 is 0 Å². The lowest BCUT2D eigenvalue weighted by Gasteiger charge is -2.15. The van der Waals surface area contributed by atoms with Gasteiger partial charge in [-0.2, -0.15) is 0 Å². The zero-order valence-corrected chi connectivity index (χ0v) is 14.0. The third-order valence-electron chi connectivity index (χ3n) is 3.71. The highest BCUT2D eigenvalue weighted by atomic mass is 15.2. The summed E-state index contributed by atoms with van der Waals surface area (Å²) in [5, 5.41) is 6.68. The number of aromatic nitrogens is 1. The van der Waals surface area contributed by atoms with Crippen molar-refractivity contribution in [2.24, 2.45) is 4.99 Å². The van der Waals surface area contributed by atoms with Crippen LogP contribution in [0, 0.1) is 0 Å². The van der Waals surface area contributed by atoms with E-state index in [4.69, 9.17) is 0 Å². The van der Waals surface area contributed by atoms with Gasteiger partial charge in [0.15, 0.2) is 5.96 Å². The Labute approximate surface area is 139 Å². The van der Waals surface area contributed by atoms with Gasteiger partial charge in [0.1, 0.15) is 0 Å². The summed E-state index contributed by atoms with van der Waals surface area (Å²) < 4.78 is 0. The maximum absolute atomic E-state index is 4.59. The summed E-state index contributed by atoms with van der Waals surface area (Å²) in [6.07, 6.45) is 2.87. The zero-order chi connectivity index (χ0) is 16.3. The highest BCUT2D eigenvalue weighted by molar-refractivity contribution is 5.79. The highest BCUT2D eigenvalue weighted by Crippen LogP contribution is 2.17. The van der Waals surface area contributed by atoms with E-state index < -0.39 is 0 Å². The predicted molar refractivity (Wildman–Crippen MR) is 96.5 cm³/mol. The Morgan fingerprint density at radius 3 is 2.57 bits per heavy atom. The van der Waals surface area contributed by atoms with Crippen LogP contribution in [0.25, 0.3) is 0 Å². The van der Waals surface area contributed by atoms with Gasteiger partial charge in [-0.1, -0.05) is 43.3 Å². The van der Waals surface area contributed by atoms with E-state index in [1.807, 2.05) is 18.2 Å². The number of nitrogens with zero attached hydrogens (tertiary/aromatic N) is 2. The molecule has 0 radical (unpaired) electrons. The predicted octanol–water partition coefficient (Wildman–Crippen LogP) is 3.33. The van der Waals surface area contributed by atoms with E-state index in [0.29, 0.717) is 12.5 Å². The molecule has 23 heavy (non-hydrogen) atoms. The molecule has 0 spiro atoms. The summed E-state index contributed by atoms with van der Waals surface area (Å²) in [5.41, 5.74) is 2.35. The maximum Gasteiger partial charge on any atom is 0.191 e. The van der Waals surface area contributed by atoms with Crippen molar-refractivity contribution in [2.75, 3.05) is 13.1 Å². The molecule has 2 aromatic rings. The molecule has 2 rings (SSSR count). The van der Waals surface area contributed by atoms with E-state index >= 15 is 0 Å². The van der Waals surface area contributed by atoms with Crippen molar-refractivity contribution in [3.05, 3.63) is 66.0 Å². The first-order chi connectivity index (χ1) is 11.3. The number of guanidine groups is 1. The lowest BCUT2D eigenvalue weighted by Crippen LogP contribution is -2.38. The van der Waals surface area contributed by atoms with Gasteiger partial charge in [0.05, 0.1) is 12.2 Å². The van der Waals surface area contributed by atoms with Crippen molar-refractivity contribution in [3.63, 3.8) is 0 Å². The van der Waals surface area contributed by atoms with Gasteiger partial charge in [-0.3, -0.25) is 4.98 Å². The van der Waals surface area contributed by atoms with Gasteiger partial charge in [0.2, 0.25) is 0 Å². The van der Waals surface area contributed by atoms with E-state index in [2.05, 4.69) is 64.8 Å². The number of pyridine rings is 1. The number of aliphatic imine (C=N–C) groups is 1. The van der Waals surface area contributed by atoms with Crippen LogP contribution in [-0.2, 0) is 6.54 Å². The molecule has 0 saturated carbocycles. The van der Waals surface area contributed by atoms with E-state index in [1.54, 1.807) is 6.20 Å². The molecule has 1 aromatic carbocycles. The summed E-state index contributed by atoms with van der Waals surface area (Å²) in [7, 11) is 0. The van der Waals surface area contributed by atoms with Crippen molar-refractivity contribution in [1.82, 2.24) is 15.6 Å². The average Bonchev–Trinajstić information content (AvgIpc) is 2.61. The lowest BCUT2D eigenvalue weighted by atomic mass is 9.98. The van der Waals surface area contributed by atoms with Crippen LogP contribution < -0.4 is 10.6 Å². The van der Waals surface area contributed by atoms with Crippen molar-refractivity contribution in [2.45, 2.75) is 32.7 Å². The van der Waals surface area contributed by atoms with Crippen molar-refractivity contribution in [1.29, 1.82) is 0 Å². The Morgan fingerprint density at radius 1 is 1.09 bits per heavy atom. The van der Waals surface area contributed by atoms with Crippen LogP contribution >= 0.6 is 0 Å². The molecule has 1 atom stereocenters. The van der Waals surface area contributed by atoms with Gasteiger partial charge in [-0.25, -0.2) is 4.99 Å². The first-order valence-corrected chi connectivity index (χ1v) is 8.26. The molecule has 0 saturated heterocycles. The van der Waals surface area contributed by atoms with Crippen molar-refractivity contribution in [3.8, 4) is 0 Å². The normalized spacial score (nSPS) is 12.7. The Hall–Kier alpha value is -2.36. The van der Waals surface area contributed by atoms with E-state index in [1.165, 1.54) is 5.56 Å². The molecule has 0 aliphatic heterocycles. The third-order valence-corrected chi connectivity index (χ3v) is 3.71. The average molecular weight is 310 g/mol. The van der Waals surface area contributed by atoms with Crippen LogP contribution in [0.5, 0.6) is 0 Å². The Balaban J connectivity index is 1.82. The third kappa shape index (κ3) is 6.10. The number of hydrogen-bond acceptors (Lipinski definition) is 2. The largest absolute Gasteiger partial charge is 0.357 e. The van der Waals surface area contributed by atoms with Gasteiger partial charge in [-0.15, -0.1) is 0 Å². The van der Waals surface area contributed by atoms with Crippen LogP contribution in [0.1, 0.15) is 37.4 Å².